The molecule has 34 heavy (non-hydrogen) atoms. The molecule has 0 amide bonds. The predicted molar refractivity (Wildman–Crippen MR) is 122 cm³/mol. The molecule has 0 atom stereocenters. The molecular formula is C25H27F2N3O4. The Kier molecular flexibility index (Phi) is 6.12. The smallest absolute Gasteiger partial charge is 0.387 e. The number of pyridine rings is 1. The molecule has 0 bridgehead atoms. The molecule has 0 radical (unpaired) electrons. The number of rotatable bonds is 10. The van der Waals surface area contributed by atoms with Gasteiger partial charge in [0, 0.05) is 30.3 Å². The maximum absolute atomic E-state index is 13.2. The van der Waals surface area contributed by atoms with E-state index in [1.807, 2.05) is 29.8 Å². The van der Waals surface area contributed by atoms with Crippen molar-refractivity contribution in [3.05, 3.63) is 42.2 Å². The number of carbonyl (C=O) groups excluding carboxylic acids is 1. The van der Waals surface area contributed by atoms with Gasteiger partial charge in [-0.25, -0.2) is 4.98 Å². The van der Waals surface area contributed by atoms with E-state index in [1.165, 1.54) is 13.2 Å². The van der Waals surface area contributed by atoms with E-state index in [1.54, 1.807) is 12.3 Å². The van der Waals surface area contributed by atoms with Crippen molar-refractivity contribution in [1.82, 2.24) is 14.7 Å². The van der Waals surface area contributed by atoms with Crippen molar-refractivity contribution in [2.45, 2.75) is 50.9 Å². The van der Waals surface area contributed by atoms with Gasteiger partial charge in [-0.3, -0.25) is 9.20 Å². The van der Waals surface area contributed by atoms with Gasteiger partial charge in [0.15, 0.2) is 5.78 Å². The lowest BCUT2D eigenvalue weighted by atomic mass is 9.89. The third-order valence-corrected chi connectivity index (χ3v) is 6.54. The fourth-order valence-corrected chi connectivity index (χ4v) is 4.39. The van der Waals surface area contributed by atoms with Crippen molar-refractivity contribution in [2.24, 2.45) is 5.92 Å². The van der Waals surface area contributed by atoms with Crippen molar-refractivity contribution in [1.29, 1.82) is 0 Å². The Hall–Kier alpha value is -3.20. The number of imidazole rings is 1. The molecule has 2 fully saturated rings. The largest absolute Gasteiger partial charge is 0.496 e. The number of aromatic nitrogens is 2. The van der Waals surface area contributed by atoms with Crippen LogP contribution in [0.3, 0.4) is 0 Å². The molecule has 0 spiro atoms. The first-order valence-electron chi connectivity index (χ1n) is 11.5. The van der Waals surface area contributed by atoms with E-state index < -0.39 is 6.61 Å². The van der Waals surface area contributed by atoms with E-state index in [0.717, 1.165) is 31.4 Å². The number of ether oxygens (including phenoxy) is 3. The second-order valence-corrected chi connectivity index (χ2v) is 8.93. The second-order valence-electron chi connectivity index (χ2n) is 8.93. The van der Waals surface area contributed by atoms with Crippen LogP contribution in [-0.2, 0) is 0 Å². The number of hydrogen-bond acceptors (Lipinski definition) is 6. The Morgan fingerprint density at radius 1 is 1.24 bits per heavy atom. The van der Waals surface area contributed by atoms with Gasteiger partial charge in [0.05, 0.1) is 19.0 Å². The zero-order valence-corrected chi connectivity index (χ0v) is 19.1. The standard InChI is InChI=1S/C25H27F2N3O4/c1-28-16-10-18(11-16)33-17-5-6-30-19(13-29-23(30)12-17)15-8-21(32-2)24(20(31)7-14-3-4-14)22(9-15)34-25(26)27/h5-6,8-9,12-14,16,18,25,28H,3-4,7,10-11H2,1-2H3. The molecular weight excluding hydrogens is 444 g/mol. The number of ketones is 1. The summed E-state index contributed by atoms with van der Waals surface area (Å²) in [7, 11) is 3.36. The van der Waals surface area contributed by atoms with Gasteiger partial charge in [0.25, 0.3) is 0 Å². The van der Waals surface area contributed by atoms with Crippen LogP contribution in [0.25, 0.3) is 16.9 Å². The average Bonchev–Trinajstić information content (AvgIpc) is 3.50. The minimum atomic E-state index is -3.07. The Labute approximate surface area is 196 Å². The van der Waals surface area contributed by atoms with E-state index in [4.69, 9.17) is 14.2 Å². The van der Waals surface area contributed by atoms with Crippen LogP contribution in [-0.4, -0.2) is 48.1 Å². The van der Waals surface area contributed by atoms with Gasteiger partial charge < -0.3 is 19.5 Å². The lowest BCUT2D eigenvalue weighted by Gasteiger charge is -2.35. The molecule has 1 aromatic carbocycles. The van der Waals surface area contributed by atoms with Crippen molar-refractivity contribution in [3.63, 3.8) is 0 Å². The zero-order valence-electron chi connectivity index (χ0n) is 19.1. The molecule has 180 valence electrons. The molecule has 0 saturated heterocycles. The number of hydrogen-bond donors (Lipinski definition) is 1. The normalized spacial score (nSPS) is 19.8. The van der Waals surface area contributed by atoms with Crippen LogP contribution in [0.1, 0.15) is 42.5 Å². The number of benzene rings is 1. The first-order chi connectivity index (χ1) is 16.4. The van der Waals surface area contributed by atoms with Crippen molar-refractivity contribution in [2.75, 3.05) is 14.2 Å². The molecule has 0 aliphatic heterocycles. The summed E-state index contributed by atoms with van der Waals surface area (Å²) in [4.78, 5) is 17.3. The van der Waals surface area contributed by atoms with Gasteiger partial charge in [-0.05, 0) is 56.8 Å². The third kappa shape index (κ3) is 4.57. The van der Waals surface area contributed by atoms with Crippen LogP contribution >= 0.6 is 0 Å². The van der Waals surface area contributed by atoms with Gasteiger partial charge in [0.1, 0.15) is 34.6 Å². The highest BCUT2D eigenvalue weighted by Gasteiger charge is 2.31. The quantitative estimate of drug-likeness (QED) is 0.431. The van der Waals surface area contributed by atoms with Crippen molar-refractivity contribution >= 4 is 11.4 Å². The monoisotopic (exact) mass is 471 g/mol. The third-order valence-electron chi connectivity index (χ3n) is 6.54. The Morgan fingerprint density at radius 3 is 2.68 bits per heavy atom. The van der Waals surface area contributed by atoms with E-state index in [0.29, 0.717) is 35.3 Å². The summed E-state index contributed by atoms with van der Waals surface area (Å²) < 4.78 is 44.5. The van der Waals surface area contributed by atoms with Crippen molar-refractivity contribution in [3.8, 4) is 28.5 Å². The Morgan fingerprint density at radius 2 is 2.00 bits per heavy atom. The number of fused-ring (bicyclic) bond motifs is 1. The fraction of sp³-hybridized carbons (Fsp3) is 0.440. The number of nitrogens with zero attached hydrogens (tertiary/aromatic N) is 2. The molecule has 3 aromatic rings. The summed E-state index contributed by atoms with van der Waals surface area (Å²) in [5.41, 5.74) is 1.91. The minimum absolute atomic E-state index is 0.0586. The summed E-state index contributed by atoms with van der Waals surface area (Å²) in [6.07, 6.45) is 7.81. The highest BCUT2D eigenvalue weighted by Crippen LogP contribution is 2.40. The number of halogens is 2. The zero-order chi connectivity index (χ0) is 23.8. The van der Waals surface area contributed by atoms with Crippen LogP contribution < -0.4 is 19.5 Å². The molecule has 7 nitrogen and oxygen atoms in total. The topological polar surface area (TPSA) is 74.1 Å². The number of nitrogens with one attached hydrogen (secondary N) is 1. The predicted octanol–water partition coefficient (Wildman–Crippen LogP) is 4.72. The van der Waals surface area contributed by atoms with Crippen molar-refractivity contribution < 1.29 is 27.8 Å². The summed E-state index contributed by atoms with van der Waals surface area (Å²) in [5.74, 6) is 0.796. The summed E-state index contributed by atoms with van der Waals surface area (Å²) in [6.45, 7) is -3.07. The van der Waals surface area contributed by atoms with E-state index in [-0.39, 0.29) is 28.9 Å². The van der Waals surface area contributed by atoms with Gasteiger partial charge in [-0.2, -0.15) is 8.78 Å². The fourth-order valence-electron chi connectivity index (χ4n) is 4.39. The average molecular weight is 472 g/mol. The van der Waals surface area contributed by atoms with Crippen LogP contribution in [0.5, 0.6) is 17.2 Å². The highest BCUT2D eigenvalue weighted by molar-refractivity contribution is 6.02. The molecule has 2 heterocycles. The lowest BCUT2D eigenvalue weighted by molar-refractivity contribution is -0.0502. The highest BCUT2D eigenvalue weighted by atomic mass is 19.3. The summed E-state index contributed by atoms with van der Waals surface area (Å²) >= 11 is 0. The first-order valence-corrected chi connectivity index (χ1v) is 11.5. The Bertz CT molecular complexity index is 1200. The van der Waals surface area contributed by atoms with E-state index in [2.05, 4.69) is 10.3 Å². The molecule has 0 unspecified atom stereocenters. The molecule has 2 aliphatic rings. The van der Waals surface area contributed by atoms with Gasteiger partial charge in [-0.15, -0.1) is 0 Å². The first kappa shape index (κ1) is 22.6. The number of Topliss-reactive ketones (excluding diaryl/α,β-unsaturated/α-hetero) is 1. The van der Waals surface area contributed by atoms with Crippen LogP contribution in [0.15, 0.2) is 36.7 Å². The Balaban J connectivity index is 1.47. The van der Waals surface area contributed by atoms with E-state index >= 15 is 0 Å². The summed E-state index contributed by atoms with van der Waals surface area (Å²) in [5, 5.41) is 3.23. The molecule has 1 N–H and O–H groups in total. The molecule has 2 aliphatic carbocycles. The second kappa shape index (κ2) is 9.21. The van der Waals surface area contributed by atoms with Gasteiger partial charge in [-0.1, -0.05) is 0 Å². The molecule has 9 heteroatoms. The van der Waals surface area contributed by atoms with Crippen LogP contribution in [0, 0.1) is 5.92 Å². The lowest BCUT2D eigenvalue weighted by Crippen LogP contribution is -2.45. The SMILES string of the molecule is CNC1CC(Oc2ccn3c(-c4cc(OC)c(C(=O)CC5CC5)c(OC(F)F)c4)cnc3c2)C1. The number of methoxy groups -OCH3 is 1. The molecule has 5 rings (SSSR count). The number of alkyl halides is 2. The molecule has 2 saturated carbocycles. The maximum Gasteiger partial charge on any atom is 0.387 e. The summed E-state index contributed by atoms with van der Waals surface area (Å²) in [6, 6.07) is 7.31. The molecule has 2 aromatic heterocycles. The van der Waals surface area contributed by atoms with E-state index in [9.17, 15) is 13.6 Å². The van der Waals surface area contributed by atoms with Gasteiger partial charge >= 0.3 is 6.61 Å². The maximum atomic E-state index is 13.2. The van der Waals surface area contributed by atoms with Crippen LogP contribution in [0.2, 0.25) is 0 Å². The number of carbonyl (C=O) groups is 1. The van der Waals surface area contributed by atoms with Crippen LogP contribution in [0.4, 0.5) is 8.78 Å². The minimum Gasteiger partial charge on any atom is -0.496 e. The van der Waals surface area contributed by atoms with Gasteiger partial charge in [0.2, 0.25) is 0 Å².